The zero-order valence-electron chi connectivity index (χ0n) is 15.1. The first-order chi connectivity index (χ1) is 12.4. The van der Waals surface area contributed by atoms with Crippen LogP contribution < -0.4 is 9.47 Å². The minimum absolute atomic E-state index is 0.0716. The lowest BCUT2D eigenvalue weighted by Gasteiger charge is -2.33. The molecule has 1 amide bonds. The van der Waals surface area contributed by atoms with E-state index in [0.717, 1.165) is 12.0 Å². The summed E-state index contributed by atoms with van der Waals surface area (Å²) in [5.74, 6) is 0.956. The van der Waals surface area contributed by atoms with Gasteiger partial charge in [0.25, 0.3) is 0 Å². The third-order valence-corrected chi connectivity index (χ3v) is 6.21. The van der Waals surface area contributed by atoms with Gasteiger partial charge in [-0.2, -0.15) is 4.31 Å². The summed E-state index contributed by atoms with van der Waals surface area (Å²) in [5.41, 5.74) is 0.928. The summed E-state index contributed by atoms with van der Waals surface area (Å²) >= 11 is 0. The van der Waals surface area contributed by atoms with Gasteiger partial charge in [0.05, 0.1) is 18.1 Å². The number of fused-ring (bicyclic) bond motifs is 1. The lowest BCUT2D eigenvalue weighted by Crippen LogP contribution is -2.50. The molecule has 1 fully saturated rings. The highest BCUT2D eigenvalue weighted by molar-refractivity contribution is 7.89. The van der Waals surface area contributed by atoms with Crippen LogP contribution in [0.5, 0.6) is 11.5 Å². The molecule has 8 heteroatoms. The van der Waals surface area contributed by atoms with Crippen LogP contribution in [0.15, 0.2) is 34.7 Å². The van der Waals surface area contributed by atoms with Gasteiger partial charge in [0.15, 0.2) is 11.5 Å². The maximum Gasteiger partial charge on any atom is 0.246 e. The van der Waals surface area contributed by atoms with Crippen molar-refractivity contribution in [1.29, 1.82) is 0 Å². The van der Waals surface area contributed by atoms with Crippen molar-refractivity contribution in [3.8, 4) is 11.5 Å². The molecule has 0 saturated carbocycles. The van der Waals surface area contributed by atoms with E-state index in [0.29, 0.717) is 37.8 Å². The molecule has 7 nitrogen and oxygen atoms in total. The Bertz CT molecular complexity index is 807. The van der Waals surface area contributed by atoms with E-state index < -0.39 is 10.0 Å². The molecule has 2 aliphatic heterocycles. The second kappa shape index (κ2) is 7.67. The standard InChI is InChI=1S/C18H24N2O5S/c1-14(2)12-18(21)19-6-8-20(9-7-19)26(22,23)15-4-5-16-17(13-15)25-11-3-10-24-16/h4-5,12-13H,3,6-11H2,1-2H3. The van der Waals surface area contributed by atoms with E-state index in [1.807, 2.05) is 13.8 Å². The predicted molar refractivity (Wildman–Crippen MR) is 96.8 cm³/mol. The molecule has 0 spiro atoms. The van der Waals surface area contributed by atoms with Crippen LogP contribution in [-0.2, 0) is 14.8 Å². The van der Waals surface area contributed by atoms with E-state index in [1.54, 1.807) is 23.1 Å². The number of sulfonamides is 1. The zero-order chi connectivity index (χ0) is 18.7. The van der Waals surface area contributed by atoms with Crippen LogP contribution in [0.4, 0.5) is 0 Å². The Morgan fingerprint density at radius 1 is 1.04 bits per heavy atom. The molecule has 0 radical (unpaired) electrons. The molecule has 0 N–H and O–H groups in total. The fourth-order valence-corrected chi connectivity index (χ4v) is 4.38. The van der Waals surface area contributed by atoms with E-state index in [-0.39, 0.29) is 23.9 Å². The highest BCUT2D eigenvalue weighted by Gasteiger charge is 2.30. The number of hydrogen-bond acceptors (Lipinski definition) is 5. The third kappa shape index (κ3) is 4.02. The molecule has 1 aromatic carbocycles. The molecular formula is C18H24N2O5S. The van der Waals surface area contributed by atoms with Crippen LogP contribution in [0.3, 0.4) is 0 Å². The van der Waals surface area contributed by atoms with Crippen LogP contribution >= 0.6 is 0 Å². The average Bonchev–Trinajstić information content (AvgIpc) is 2.86. The quantitative estimate of drug-likeness (QED) is 0.746. The van der Waals surface area contributed by atoms with E-state index in [9.17, 15) is 13.2 Å². The number of carbonyl (C=O) groups excluding carboxylic acids is 1. The van der Waals surface area contributed by atoms with Gasteiger partial charge in [-0.1, -0.05) is 5.57 Å². The summed E-state index contributed by atoms with van der Waals surface area (Å²) in [5, 5.41) is 0. The number of amides is 1. The van der Waals surface area contributed by atoms with E-state index in [4.69, 9.17) is 9.47 Å². The number of piperazine rings is 1. The second-order valence-electron chi connectivity index (χ2n) is 6.61. The van der Waals surface area contributed by atoms with Gasteiger partial charge in [-0.15, -0.1) is 0 Å². The first kappa shape index (κ1) is 18.7. The Labute approximate surface area is 154 Å². The van der Waals surface area contributed by atoms with Crippen molar-refractivity contribution in [1.82, 2.24) is 9.21 Å². The van der Waals surface area contributed by atoms with Gasteiger partial charge in [-0.3, -0.25) is 4.79 Å². The van der Waals surface area contributed by atoms with Crippen LogP contribution in [0, 0.1) is 0 Å². The molecule has 1 aromatic rings. The van der Waals surface area contributed by atoms with Crippen molar-refractivity contribution in [3.05, 3.63) is 29.8 Å². The summed E-state index contributed by atoms with van der Waals surface area (Å²) in [7, 11) is -3.64. The van der Waals surface area contributed by atoms with Gasteiger partial charge in [-0.05, 0) is 26.0 Å². The fourth-order valence-electron chi connectivity index (χ4n) is 2.94. The van der Waals surface area contributed by atoms with Crippen LogP contribution in [-0.4, -0.2) is 62.9 Å². The first-order valence-corrected chi connectivity index (χ1v) is 10.2. The van der Waals surface area contributed by atoms with Gasteiger partial charge in [0.1, 0.15) is 0 Å². The normalized spacial score (nSPS) is 18.2. The SMILES string of the molecule is CC(C)=CC(=O)N1CCN(S(=O)(=O)c2ccc3c(c2)OCCCO3)CC1. The smallest absolute Gasteiger partial charge is 0.246 e. The van der Waals surface area contributed by atoms with Crippen molar-refractivity contribution in [2.24, 2.45) is 0 Å². The molecule has 0 unspecified atom stereocenters. The van der Waals surface area contributed by atoms with E-state index in [1.165, 1.54) is 10.4 Å². The van der Waals surface area contributed by atoms with Gasteiger partial charge < -0.3 is 14.4 Å². The monoisotopic (exact) mass is 380 g/mol. The molecule has 0 aliphatic carbocycles. The summed E-state index contributed by atoms with van der Waals surface area (Å²) < 4.78 is 38.4. The lowest BCUT2D eigenvalue weighted by atomic mass is 10.3. The minimum atomic E-state index is -3.64. The Balaban J connectivity index is 1.73. The number of hydrogen-bond donors (Lipinski definition) is 0. The number of allylic oxidation sites excluding steroid dienone is 1. The molecule has 3 rings (SSSR count). The van der Waals surface area contributed by atoms with Crippen molar-refractivity contribution in [3.63, 3.8) is 0 Å². The predicted octanol–water partition coefficient (Wildman–Crippen LogP) is 1.65. The molecule has 2 aliphatic rings. The summed E-state index contributed by atoms with van der Waals surface area (Å²) in [6.07, 6.45) is 2.34. The Hall–Kier alpha value is -2.06. The highest BCUT2D eigenvalue weighted by Crippen LogP contribution is 2.33. The van der Waals surface area contributed by atoms with Crippen molar-refractivity contribution in [2.75, 3.05) is 39.4 Å². The summed E-state index contributed by atoms with van der Waals surface area (Å²) in [4.78, 5) is 13.9. The van der Waals surface area contributed by atoms with Gasteiger partial charge >= 0.3 is 0 Å². The third-order valence-electron chi connectivity index (χ3n) is 4.32. The minimum Gasteiger partial charge on any atom is -0.490 e. The molecule has 26 heavy (non-hydrogen) atoms. The molecule has 0 aromatic heterocycles. The molecule has 142 valence electrons. The van der Waals surface area contributed by atoms with Crippen LogP contribution in [0.25, 0.3) is 0 Å². The largest absolute Gasteiger partial charge is 0.490 e. The van der Waals surface area contributed by atoms with Crippen molar-refractivity contribution in [2.45, 2.75) is 25.2 Å². The number of carbonyl (C=O) groups is 1. The molecule has 0 bridgehead atoms. The number of ether oxygens (including phenoxy) is 2. The number of benzene rings is 1. The van der Waals surface area contributed by atoms with Gasteiger partial charge in [0.2, 0.25) is 15.9 Å². The van der Waals surface area contributed by atoms with E-state index in [2.05, 4.69) is 0 Å². The Morgan fingerprint density at radius 2 is 1.69 bits per heavy atom. The average molecular weight is 380 g/mol. The van der Waals surface area contributed by atoms with Crippen LogP contribution in [0.1, 0.15) is 20.3 Å². The molecule has 2 heterocycles. The Morgan fingerprint density at radius 3 is 2.35 bits per heavy atom. The number of rotatable bonds is 3. The molecule has 0 atom stereocenters. The van der Waals surface area contributed by atoms with Crippen molar-refractivity contribution >= 4 is 15.9 Å². The second-order valence-corrected chi connectivity index (χ2v) is 8.55. The Kier molecular flexibility index (Phi) is 5.52. The summed E-state index contributed by atoms with van der Waals surface area (Å²) in [6.45, 7) is 6.10. The zero-order valence-corrected chi connectivity index (χ0v) is 15.9. The lowest BCUT2D eigenvalue weighted by molar-refractivity contribution is -0.127. The molecular weight excluding hydrogens is 356 g/mol. The van der Waals surface area contributed by atoms with Gasteiger partial charge in [0, 0.05) is 44.7 Å². The first-order valence-electron chi connectivity index (χ1n) is 8.71. The topological polar surface area (TPSA) is 76.2 Å². The molecule has 1 saturated heterocycles. The highest BCUT2D eigenvalue weighted by atomic mass is 32.2. The van der Waals surface area contributed by atoms with Crippen LogP contribution in [0.2, 0.25) is 0 Å². The van der Waals surface area contributed by atoms with Crippen molar-refractivity contribution < 1.29 is 22.7 Å². The summed E-state index contributed by atoms with van der Waals surface area (Å²) in [6, 6.07) is 4.71. The number of nitrogens with zero attached hydrogens (tertiary/aromatic N) is 2. The fraction of sp³-hybridized carbons (Fsp3) is 0.500. The van der Waals surface area contributed by atoms with Gasteiger partial charge in [-0.25, -0.2) is 8.42 Å². The maximum atomic E-state index is 12.9. The van der Waals surface area contributed by atoms with E-state index >= 15 is 0 Å². The maximum absolute atomic E-state index is 12.9.